The minimum absolute atomic E-state index is 0.128. The molecule has 88 valence electrons. The maximum absolute atomic E-state index is 12.2. The largest absolute Gasteiger partial charge is 0.278 e. The van der Waals surface area contributed by atoms with Gasteiger partial charge in [-0.3, -0.25) is 4.79 Å². The zero-order valence-electron chi connectivity index (χ0n) is 10.4. The standard InChI is InChI=1S/C14H16N2O/c1-10-5-7-12(8-6-10)13(17)16-11(2)14(3,4)9-15-16/h5-9H,2H2,1,3-4H3. The number of allylic oxidation sites excluding steroid dienone is 1. The molecule has 0 aliphatic carbocycles. The lowest BCUT2D eigenvalue weighted by Crippen LogP contribution is -2.26. The van der Waals surface area contributed by atoms with Crippen LogP contribution in [0.5, 0.6) is 0 Å². The van der Waals surface area contributed by atoms with E-state index in [1.54, 1.807) is 6.21 Å². The highest BCUT2D eigenvalue weighted by Crippen LogP contribution is 2.32. The van der Waals surface area contributed by atoms with Crippen LogP contribution in [-0.2, 0) is 0 Å². The summed E-state index contributed by atoms with van der Waals surface area (Å²) in [5.41, 5.74) is 2.22. The Morgan fingerprint density at radius 2 is 1.88 bits per heavy atom. The highest BCUT2D eigenvalue weighted by atomic mass is 16.2. The van der Waals surface area contributed by atoms with Crippen LogP contribution in [0.15, 0.2) is 41.6 Å². The first kappa shape index (κ1) is 11.6. The maximum atomic E-state index is 12.2. The van der Waals surface area contributed by atoms with E-state index in [1.165, 1.54) is 5.01 Å². The van der Waals surface area contributed by atoms with E-state index < -0.39 is 0 Å². The monoisotopic (exact) mass is 228 g/mol. The van der Waals surface area contributed by atoms with Crippen molar-refractivity contribution in [1.29, 1.82) is 0 Å². The van der Waals surface area contributed by atoms with E-state index in [2.05, 4.69) is 11.7 Å². The van der Waals surface area contributed by atoms with Crippen molar-refractivity contribution in [2.75, 3.05) is 0 Å². The average Bonchev–Trinajstić information content (AvgIpc) is 2.55. The van der Waals surface area contributed by atoms with Gasteiger partial charge in [-0.05, 0) is 32.9 Å². The second kappa shape index (κ2) is 3.84. The smallest absolute Gasteiger partial charge is 0.267 e. The molecule has 1 aromatic carbocycles. The molecule has 1 heterocycles. The molecule has 1 aliphatic rings. The van der Waals surface area contributed by atoms with Gasteiger partial charge in [0.25, 0.3) is 5.91 Å². The first-order valence-corrected chi connectivity index (χ1v) is 5.57. The number of hydrogen-bond acceptors (Lipinski definition) is 2. The lowest BCUT2D eigenvalue weighted by molar-refractivity contribution is 0.0806. The van der Waals surface area contributed by atoms with Gasteiger partial charge in [0.15, 0.2) is 0 Å². The number of aryl methyl sites for hydroxylation is 1. The van der Waals surface area contributed by atoms with Crippen molar-refractivity contribution in [1.82, 2.24) is 5.01 Å². The summed E-state index contributed by atoms with van der Waals surface area (Å²) < 4.78 is 0. The Labute approximate surface area is 101 Å². The van der Waals surface area contributed by atoms with E-state index in [-0.39, 0.29) is 11.3 Å². The average molecular weight is 228 g/mol. The van der Waals surface area contributed by atoms with Gasteiger partial charge < -0.3 is 0 Å². The van der Waals surface area contributed by atoms with Crippen LogP contribution in [-0.4, -0.2) is 17.1 Å². The summed E-state index contributed by atoms with van der Waals surface area (Å²) in [7, 11) is 0. The Morgan fingerprint density at radius 1 is 1.29 bits per heavy atom. The summed E-state index contributed by atoms with van der Waals surface area (Å²) in [6.45, 7) is 9.90. The first-order chi connectivity index (χ1) is 7.92. The predicted molar refractivity (Wildman–Crippen MR) is 68.8 cm³/mol. The highest BCUT2D eigenvalue weighted by molar-refractivity contribution is 5.97. The molecule has 0 saturated heterocycles. The molecule has 0 radical (unpaired) electrons. The summed E-state index contributed by atoms with van der Waals surface area (Å²) in [4.78, 5) is 12.2. The van der Waals surface area contributed by atoms with Crippen LogP contribution in [0.2, 0.25) is 0 Å². The van der Waals surface area contributed by atoms with Crippen molar-refractivity contribution in [3.05, 3.63) is 47.7 Å². The normalized spacial score (nSPS) is 17.6. The molecular formula is C14H16N2O. The molecule has 1 aromatic rings. The Hall–Kier alpha value is -1.90. The van der Waals surface area contributed by atoms with Crippen molar-refractivity contribution < 1.29 is 4.79 Å². The number of carbonyl (C=O) groups is 1. The minimum Gasteiger partial charge on any atom is -0.267 e. The second-order valence-corrected chi connectivity index (χ2v) is 4.90. The van der Waals surface area contributed by atoms with Gasteiger partial charge in [0, 0.05) is 22.9 Å². The SMILES string of the molecule is C=C1N(C(=O)c2ccc(C)cc2)N=CC1(C)C. The van der Waals surface area contributed by atoms with E-state index in [0.717, 1.165) is 5.56 Å². The third-order valence-electron chi connectivity index (χ3n) is 2.99. The number of rotatable bonds is 1. The molecule has 17 heavy (non-hydrogen) atoms. The van der Waals surface area contributed by atoms with Crippen LogP contribution in [0.25, 0.3) is 0 Å². The van der Waals surface area contributed by atoms with Gasteiger partial charge in [0.1, 0.15) is 0 Å². The van der Waals surface area contributed by atoms with Crippen LogP contribution >= 0.6 is 0 Å². The fourth-order valence-electron chi connectivity index (χ4n) is 1.61. The number of benzene rings is 1. The molecule has 2 rings (SSSR count). The summed E-state index contributed by atoms with van der Waals surface area (Å²) in [5.74, 6) is -0.128. The van der Waals surface area contributed by atoms with Crippen LogP contribution < -0.4 is 0 Å². The Kier molecular flexibility index (Phi) is 2.62. The first-order valence-electron chi connectivity index (χ1n) is 5.57. The van der Waals surface area contributed by atoms with E-state index in [1.807, 2.05) is 45.0 Å². The van der Waals surface area contributed by atoms with Crippen molar-refractivity contribution in [2.45, 2.75) is 20.8 Å². The van der Waals surface area contributed by atoms with Crippen LogP contribution in [0.3, 0.4) is 0 Å². The summed E-state index contributed by atoms with van der Waals surface area (Å²) in [6.07, 6.45) is 1.75. The molecule has 3 heteroatoms. The molecule has 0 unspecified atom stereocenters. The van der Waals surface area contributed by atoms with Gasteiger partial charge in [0.05, 0.1) is 0 Å². The van der Waals surface area contributed by atoms with Gasteiger partial charge >= 0.3 is 0 Å². The molecule has 1 aliphatic heterocycles. The maximum Gasteiger partial charge on any atom is 0.278 e. The number of hydrazone groups is 1. The van der Waals surface area contributed by atoms with Gasteiger partial charge in [-0.15, -0.1) is 0 Å². The Balaban J connectivity index is 2.26. The molecule has 0 N–H and O–H groups in total. The Morgan fingerprint density at radius 3 is 2.35 bits per heavy atom. The third kappa shape index (κ3) is 2.00. The van der Waals surface area contributed by atoms with Crippen molar-refractivity contribution >= 4 is 12.1 Å². The molecule has 0 saturated carbocycles. The molecule has 3 nitrogen and oxygen atoms in total. The molecule has 0 aromatic heterocycles. The number of hydrogen-bond donors (Lipinski definition) is 0. The third-order valence-corrected chi connectivity index (χ3v) is 2.99. The quantitative estimate of drug-likeness (QED) is 0.727. The van der Waals surface area contributed by atoms with Crippen LogP contribution in [0.4, 0.5) is 0 Å². The van der Waals surface area contributed by atoms with Gasteiger partial charge in [-0.2, -0.15) is 5.10 Å². The number of amides is 1. The summed E-state index contributed by atoms with van der Waals surface area (Å²) in [5, 5.41) is 5.51. The molecule has 0 bridgehead atoms. The lowest BCUT2D eigenvalue weighted by Gasteiger charge is -2.21. The molecule has 0 spiro atoms. The van der Waals surface area contributed by atoms with Crippen molar-refractivity contribution in [2.24, 2.45) is 10.5 Å². The van der Waals surface area contributed by atoms with Crippen LogP contribution in [0.1, 0.15) is 29.8 Å². The second-order valence-electron chi connectivity index (χ2n) is 4.90. The van der Waals surface area contributed by atoms with E-state index in [0.29, 0.717) is 11.3 Å². The number of nitrogens with zero attached hydrogens (tertiary/aromatic N) is 2. The van der Waals surface area contributed by atoms with E-state index in [4.69, 9.17) is 0 Å². The molecule has 0 atom stereocenters. The lowest BCUT2D eigenvalue weighted by atomic mass is 9.92. The summed E-state index contributed by atoms with van der Waals surface area (Å²) in [6, 6.07) is 7.46. The highest BCUT2D eigenvalue weighted by Gasteiger charge is 2.33. The molecule has 1 amide bonds. The van der Waals surface area contributed by atoms with Gasteiger partial charge in [0.2, 0.25) is 0 Å². The van der Waals surface area contributed by atoms with E-state index in [9.17, 15) is 4.79 Å². The topological polar surface area (TPSA) is 32.7 Å². The fraction of sp³-hybridized carbons (Fsp3) is 0.286. The number of carbonyl (C=O) groups excluding carboxylic acids is 1. The van der Waals surface area contributed by atoms with Crippen LogP contribution in [0, 0.1) is 12.3 Å². The predicted octanol–water partition coefficient (Wildman–Crippen LogP) is 2.98. The van der Waals surface area contributed by atoms with E-state index >= 15 is 0 Å². The Bertz CT molecular complexity index is 497. The van der Waals surface area contributed by atoms with Gasteiger partial charge in [-0.25, -0.2) is 5.01 Å². The van der Waals surface area contributed by atoms with Crippen molar-refractivity contribution in [3.8, 4) is 0 Å². The zero-order valence-corrected chi connectivity index (χ0v) is 10.4. The molecule has 0 fully saturated rings. The summed E-state index contributed by atoms with van der Waals surface area (Å²) >= 11 is 0. The fourth-order valence-corrected chi connectivity index (χ4v) is 1.61. The van der Waals surface area contributed by atoms with Crippen molar-refractivity contribution in [3.63, 3.8) is 0 Å². The van der Waals surface area contributed by atoms with Gasteiger partial charge in [-0.1, -0.05) is 24.3 Å². The zero-order chi connectivity index (χ0) is 12.6. The minimum atomic E-state index is -0.250. The molecular weight excluding hydrogens is 212 g/mol.